The first-order chi connectivity index (χ1) is 10.2. The molecule has 1 unspecified atom stereocenters. The van der Waals surface area contributed by atoms with Gasteiger partial charge in [-0.2, -0.15) is 0 Å². The van der Waals surface area contributed by atoms with E-state index >= 15 is 0 Å². The van der Waals surface area contributed by atoms with E-state index in [1.165, 1.54) is 5.56 Å². The third-order valence-electron chi connectivity index (χ3n) is 3.65. The summed E-state index contributed by atoms with van der Waals surface area (Å²) in [4.78, 5) is 14.5. The second-order valence-electron chi connectivity index (χ2n) is 5.25. The number of rotatable bonds is 3. The van der Waals surface area contributed by atoms with Crippen molar-refractivity contribution in [1.82, 2.24) is 21.1 Å². The first-order valence-electron chi connectivity index (χ1n) is 7.23. The smallest absolute Gasteiger partial charge is 0.242 e. The van der Waals surface area contributed by atoms with Gasteiger partial charge in [0.05, 0.1) is 5.92 Å². The fourth-order valence-electron chi connectivity index (χ4n) is 2.54. The number of nitrogens with one attached hydrogen (secondary N) is 3. The minimum Gasteiger partial charge on any atom is -0.364 e. The van der Waals surface area contributed by atoms with Crippen LogP contribution in [0.3, 0.4) is 0 Å². The quantitative estimate of drug-likeness (QED) is 0.575. The molecular weight excluding hydrogens is 284 g/mol. The van der Waals surface area contributed by atoms with Crippen LogP contribution in [0.4, 0.5) is 0 Å². The van der Waals surface area contributed by atoms with Gasteiger partial charge in [-0.25, -0.2) is 0 Å². The molecule has 114 valence electrons. The summed E-state index contributed by atoms with van der Waals surface area (Å²) >= 11 is 4.94. The van der Waals surface area contributed by atoms with Gasteiger partial charge in [-0.3, -0.25) is 20.5 Å². The minimum absolute atomic E-state index is 0.00496. The summed E-state index contributed by atoms with van der Waals surface area (Å²) < 4.78 is 0. The summed E-state index contributed by atoms with van der Waals surface area (Å²) in [5, 5.41) is 3.18. The molecule has 1 heterocycles. The van der Waals surface area contributed by atoms with E-state index in [-0.39, 0.29) is 11.8 Å². The molecule has 5 nitrogen and oxygen atoms in total. The van der Waals surface area contributed by atoms with E-state index in [2.05, 4.69) is 33.2 Å². The van der Waals surface area contributed by atoms with Crippen molar-refractivity contribution in [1.29, 1.82) is 0 Å². The molecule has 1 saturated heterocycles. The van der Waals surface area contributed by atoms with Crippen LogP contribution in [0.1, 0.15) is 18.4 Å². The standard InChI is InChI=1S/C15H22N4OS/c1-16-15(21)18-17-14(20)13-8-5-9-19(11-13)10-12-6-3-2-4-7-12/h2-4,6-7,13H,5,8-11H2,1H3,(H,17,20)(H2,16,18,21). The number of piperidine rings is 1. The van der Waals surface area contributed by atoms with Gasteiger partial charge in [-0.15, -0.1) is 0 Å². The number of benzene rings is 1. The number of carbonyl (C=O) groups excluding carboxylic acids is 1. The van der Waals surface area contributed by atoms with Gasteiger partial charge in [-0.05, 0) is 37.2 Å². The van der Waals surface area contributed by atoms with Gasteiger partial charge < -0.3 is 5.32 Å². The average molecular weight is 306 g/mol. The number of thiocarbonyl (C=S) groups is 1. The number of amides is 1. The topological polar surface area (TPSA) is 56.4 Å². The summed E-state index contributed by atoms with van der Waals surface area (Å²) in [5.41, 5.74) is 6.65. The molecule has 0 aromatic heterocycles. The summed E-state index contributed by atoms with van der Waals surface area (Å²) in [6, 6.07) is 10.4. The molecule has 21 heavy (non-hydrogen) atoms. The fourth-order valence-corrected chi connectivity index (χ4v) is 2.59. The van der Waals surface area contributed by atoms with Gasteiger partial charge in [0, 0.05) is 20.1 Å². The second kappa shape index (κ2) is 7.95. The zero-order valence-corrected chi connectivity index (χ0v) is 13.1. The molecule has 0 aliphatic carbocycles. The molecule has 2 rings (SSSR count). The molecule has 0 saturated carbocycles. The average Bonchev–Trinajstić information content (AvgIpc) is 2.53. The highest BCUT2D eigenvalue weighted by Gasteiger charge is 2.25. The molecule has 1 atom stereocenters. The van der Waals surface area contributed by atoms with Crippen molar-refractivity contribution >= 4 is 23.2 Å². The van der Waals surface area contributed by atoms with E-state index in [1.54, 1.807) is 7.05 Å². The van der Waals surface area contributed by atoms with Crippen LogP contribution >= 0.6 is 12.2 Å². The third kappa shape index (κ3) is 4.99. The number of nitrogens with zero attached hydrogens (tertiary/aromatic N) is 1. The lowest BCUT2D eigenvalue weighted by atomic mass is 9.97. The van der Waals surface area contributed by atoms with Crippen molar-refractivity contribution in [3.63, 3.8) is 0 Å². The Morgan fingerprint density at radius 1 is 1.33 bits per heavy atom. The van der Waals surface area contributed by atoms with Crippen molar-refractivity contribution in [2.45, 2.75) is 19.4 Å². The zero-order valence-electron chi connectivity index (χ0n) is 12.3. The van der Waals surface area contributed by atoms with Crippen LogP contribution < -0.4 is 16.2 Å². The molecule has 1 aromatic carbocycles. The number of carbonyl (C=O) groups is 1. The monoisotopic (exact) mass is 306 g/mol. The summed E-state index contributed by atoms with van der Waals surface area (Å²) in [6.45, 7) is 2.72. The van der Waals surface area contributed by atoms with Crippen LogP contribution in [0.5, 0.6) is 0 Å². The molecule has 0 bridgehead atoms. The predicted octanol–water partition coefficient (Wildman–Crippen LogP) is 1.02. The van der Waals surface area contributed by atoms with E-state index in [0.29, 0.717) is 5.11 Å². The van der Waals surface area contributed by atoms with Crippen molar-refractivity contribution in [3.8, 4) is 0 Å². The lowest BCUT2D eigenvalue weighted by Gasteiger charge is -2.32. The van der Waals surface area contributed by atoms with E-state index in [4.69, 9.17) is 12.2 Å². The molecule has 1 fully saturated rings. The first kappa shape index (κ1) is 15.7. The minimum atomic E-state index is 0.00496. The van der Waals surface area contributed by atoms with Gasteiger partial charge >= 0.3 is 0 Å². The molecule has 1 aliphatic heterocycles. The largest absolute Gasteiger partial charge is 0.364 e. The highest BCUT2D eigenvalue weighted by atomic mass is 32.1. The Morgan fingerprint density at radius 3 is 2.81 bits per heavy atom. The molecule has 6 heteroatoms. The lowest BCUT2D eigenvalue weighted by Crippen LogP contribution is -2.50. The van der Waals surface area contributed by atoms with Crippen LogP contribution in [0.25, 0.3) is 0 Å². The maximum absolute atomic E-state index is 12.1. The van der Waals surface area contributed by atoms with Gasteiger partial charge in [0.15, 0.2) is 5.11 Å². The van der Waals surface area contributed by atoms with Crippen molar-refractivity contribution in [2.24, 2.45) is 5.92 Å². The highest BCUT2D eigenvalue weighted by Crippen LogP contribution is 2.18. The fraction of sp³-hybridized carbons (Fsp3) is 0.467. The third-order valence-corrected chi connectivity index (χ3v) is 3.96. The Balaban J connectivity index is 1.82. The number of hydrazine groups is 1. The van der Waals surface area contributed by atoms with Crippen LogP contribution in [0.2, 0.25) is 0 Å². The van der Waals surface area contributed by atoms with Crippen molar-refractivity contribution < 1.29 is 4.79 Å². The summed E-state index contributed by atoms with van der Waals surface area (Å²) in [5.74, 6) is 0.0139. The van der Waals surface area contributed by atoms with Crippen molar-refractivity contribution in [2.75, 3.05) is 20.1 Å². The van der Waals surface area contributed by atoms with E-state index in [9.17, 15) is 4.79 Å². The predicted molar refractivity (Wildman–Crippen MR) is 87.4 cm³/mol. The Morgan fingerprint density at radius 2 is 2.10 bits per heavy atom. The molecule has 3 N–H and O–H groups in total. The second-order valence-corrected chi connectivity index (χ2v) is 5.66. The van der Waals surface area contributed by atoms with Gasteiger partial charge in [0.2, 0.25) is 5.91 Å². The van der Waals surface area contributed by atoms with Crippen LogP contribution in [0, 0.1) is 5.92 Å². The maximum Gasteiger partial charge on any atom is 0.242 e. The molecule has 0 radical (unpaired) electrons. The lowest BCUT2D eigenvalue weighted by molar-refractivity contribution is -0.127. The molecule has 1 aromatic rings. The van der Waals surface area contributed by atoms with Gasteiger partial charge in [-0.1, -0.05) is 30.3 Å². The zero-order chi connectivity index (χ0) is 15.1. The number of hydrogen-bond acceptors (Lipinski definition) is 3. The van der Waals surface area contributed by atoms with E-state index in [1.807, 2.05) is 18.2 Å². The Kier molecular flexibility index (Phi) is 5.95. The summed E-state index contributed by atoms with van der Waals surface area (Å²) in [7, 11) is 1.71. The van der Waals surface area contributed by atoms with E-state index in [0.717, 1.165) is 32.5 Å². The Hall–Kier alpha value is -1.66. The Bertz CT molecular complexity index is 480. The van der Waals surface area contributed by atoms with Crippen LogP contribution in [-0.2, 0) is 11.3 Å². The Labute approximate surface area is 131 Å². The van der Waals surface area contributed by atoms with E-state index < -0.39 is 0 Å². The SMILES string of the molecule is CNC(=S)NNC(=O)C1CCCN(Cc2ccccc2)C1. The highest BCUT2D eigenvalue weighted by molar-refractivity contribution is 7.80. The molecule has 1 amide bonds. The van der Waals surface area contributed by atoms with Crippen molar-refractivity contribution in [3.05, 3.63) is 35.9 Å². The normalized spacial score (nSPS) is 18.8. The molecular formula is C15H22N4OS. The van der Waals surface area contributed by atoms with Crippen LogP contribution in [0.15, 0.2) is 30.3 Å². The number of hydrogen-bond donors (Lipinski definition) is 3. The number of likely N-dealkylation sites (tertiary alicyclic amines) is 1. The molecule has 0 spiro atoms. The van der Waals surface area contributed by atoms with Crippen LogP contribution in [-0.4, -0.2) is 36.1 Å². The maximum atomic E-state index is 12.1. The van der Waals surface area contributed by atoms with Gasteiger partial charge in [0.25, 0.3) is 0 Å². The molecule has 1 aliphatic rings. The summed E-state index contributed by atoms with van der Waals surface area (Å²) in [6.07, 6.45) is 1.96. The first-order valence-corrected chi connectivity index (χ1v) is 7.63. The van der Waals surface area contributed by atoms with Gasteiger partial charge in [0.1, 0.15) is 0 Å².